The number of carbonyl (C=O) groups excluding carboxylic acids is 1. The lowest BCUT2D eigenvalue weighted by atomic mass is 9.89. The Morgan fingerprint density at radius 2 is 1.88 bits per heavy atom. The number of aliphatic imine (C=N–C) groups is 1. The van der Waals surface area contributed by atoms with Crippen LogP contribution in [0.25, 0.3) is 0 Å². The molecule has 0 aliphatic carbocycles. The van der Waals surface area contributed by atoms with Gasteiger partial charge < -0.3 is 10.2 Å². The molecule has 0 unspecified atom stereocenters. The van der Waals surface area contributed by atoms with E-state index in [0.717, 1.165) is 32.6 Å². The maximum Gasteiger partial charge on any atom is 0.267 e. The van der Waals surface area contributed by atoms with Crippen LogP contribution in [0.5, 0.6) is 0 Å². The van der Waals surface area contributed by atoms with E-state index in [9.17, 15) is 4.79 Å². The zero-order chi connectivity index (χ0) is 12.2. The molecular weight excluding hydrogens is 202 g/mol. The molecule has 0 aromatic heterocycles. The predicted octanol–water partition coefficient (Wildman–Crippen LogP) is 0.925. The van der Waals surface area contributed by atoms with Crippen molar-refractivity contribution in [1.82, 2.24) is 10.2 Å². The van der Waals surface area contributed by atoms with Crippen LogP contribution in [-0.2, 0) is 4.79 Å². The van der Waals surface area contributed by atoms with E-state index >= 15 is 0 Å². The third-order valence-corrected chi connectivity index (χ3v) is 2.62. The Labute approximate surface area is 98.1 Å². The van der Waals surface area contributed by atoms with E-state index in [2.05, 4.69) is 31.1 Å². The highest BCUT2D eigenvalue weighted by Crippen LogP contribution is 2.20. The second kappa shape index (κ2) is 5.43. The first-order valence-electron chi connectivity index (χ1n) is 5.90. The fraction of sp³-hybridized carbons (Fsp3) is 0.833. The summed E-state index contributed by atoms with van der Waals surface area (Å²) in [7, 11) is 1.71. The summed E-state index contributed by atoms with van der Waals surface area (Å²) < 4.78 is 0. The molecule has 92 valence electrons. The molecule has 4 heteroatoms. The molecule has 0 saturated carbocycles. The number of piperazine rings is 1. The lowest BCUT2D eigenvalue weighted by Crippen LogP contribution is -2.49. The van der Waals surface area contributed by atoms with Gasteiger partial charge in [0, 0.05) is 33.2 Å². The van der Waals surface area contributed by atoms with Crippen LogP contribution >= 0.6 is 0 Å². The largest absolute Gasteiger partial charge is 0.335 e. The Kier molecular flexibility index (Phi) is 4.47. The van der Waals surface area contributed by atoms with E-state index in [1.54, 1.807) is 7.05 Å². The maximum absolute atomic E-state index is 12.2. The fourth-order valence-corrected chi connectivity index (χ4v) is 1.80. The Morgan fingerprint density at radius 3 is 2.31 bits per heavy atom. The van der Waals surface area contributed by atoms with Gasteiger partial charge in [-0.05, 0) is 11.8 Å². The van der Waals surface area contributed by atoms with Gasteiger partial charge in [0.05, 0.1) is 5.71 Å². The van der Waals surface area contributed by atoms with Gasteiger partial charge in [-0.25, -0.2) is 0 Å². The summed E-state index contributed by atoms with van der Waals surface area (Å²) in [4.78, 5) is 18.2. The van der Waals surface area contributed by atoms with Gasteiger partial charge in [0.25, 0.3) is 5.91 Å². The molecule has 16 heavy (non-hydrogen) atoms. The molecule has 0 bridgehead atoms. The smallest absolute Gasteiger partial charge is 0.267 e. The van der Waals surface area contributed by atoms with Crippen LogP contribution in [0.3, 0.4) is 0 Å². The molecular formula is C12H23N3O. The molecule has 0 aromatic rings. The Hall–Kier alpha value is -0.900. The summed E-state index contributed by atoms with van der Waals surface area (Å²) in [5.74, 6) is 0.110. The number of hydrogen-bond acceptors (Lipinski definition) is 3. The van der Waals surface area contributed by atoms with Crippen molar-refractivity contribution in [1.29, 1.82) is 0 Å². The highest BCUT2D eigenvalue weighted by molar-refractivity contribution is 6.38. The molecule has 1 aliphatic rings. The summed E-state index contributed by atoms with van der Waals surface area (Å²) in [6.07, 6.45) is 0.742. The van der Waals surface area contributed by atoms with Crippen LogP contribution in [0, 0.1) is 5.41 Å². The molecule has 1 amide bonds. The number of nitrogens with zero attached hydrogens (tertiary/aromatic N) is 2. The van der Waals surface area contributed by atoms with E-state index in [1.807, 2.05) is 4.90 Å². The van der Waals surface area contributed by atoms with Crippen molar-refractivity contribution in [3.8, 4) is 0 Å². The molecule has 0 atom stereocenters. The van der Waals surface area contributed by atoms with Crippen LogP contribution < -0.4 is 5.32 Å². The molecule has 1 saturated heterocycles. The first-order valence-corrected chi connectivity index (χ1v) is 5.90. The predicted molar refractivity (Wildman–Crippen MR) is 66.9 cm³/mol. The van der Waals surface area contributed by atoms with Crippen molar-refractivity contribution >= 4 is 11.6 Å². The molecule has 4 nitrogen and oxygen atoms in total. The van der Waals surface area contributed by atoms with E-state index in [4.69, 9.17) is 0 Å². The standard InChI is InChI=1S/C12H23N3O/c1-12(2,3)9-10(13-4)11(16)15-7-5-14-6-8-15/h14H,5-9H2,1-4H3/b13-10+. The van der Waals surface area contributed by atoms with Crippen molar-refractivity contribution in [2.24, 2.45) is 10.4 Å². The number of nitrogens with one attached hydrogen (secondary N) is 1. The average Bonchev–Trinajstić information content (AvgIpc) is 2.25. The second-order valence-corrected chi connectivity index (χ2v) is 5.45. The highest BCUT2D eigenvalue weighted by atomic mass is 16.2. The molecule has 1 aliphatic heterocycles. The van der Waals surface area contributed by atoms with E-state index in [0.29, 0.717) is 5.71 Å². The van der Waals surface area contributed by atoms with Gasteiger partial charge in [-0.15, -0.1) is 0 Å². The zero-order valence-electron chi connectivity index (χ0n) is 10.8. The monoisotopic (exact) mass is 225 g/mol. The van der Waals surface area contributed by atoms with E-state index < -0.39 is 0 Å². The summed E-state index contributed by atoms with van der Waals surface area (Å²) in [5, 5.41) is 3.24. The molecule has 1 fully saturated rings. The van der Waals surface area contributed by atoms with Crippen LogP contribution in [0.15, 0.2) is 4.99 Å². The molecule has 1 rings (SSSR count). The fourth-order valence-electron chi connectivity index (χ4n) is 1.80. The van der Waals surface area contributed by atoms with Crippen molar-refractivity contribution in [2.75, 3.05) is 33.2 Å². The molecule has 0 radical (unpaired) electrons. The minimum atomic E-state index is 0.110. The zero-order valence-corrected chi connectivity index (χ0v) is 10.8. The lowest BCUT2D eigenvalue weighted by Gasteiger charge is -2.29. The molecule has 0 aromatic carbocycles. The minimum absolute atomic E-state index is 0.110. The summed E-state index contributed by atoms with van der Waals surface area (Å²) in [6.45, 7) is 9.75. The number of amides is 1. The molecule has 1 heterocycles. The third kappa shape index (κ3) is 3.93. The SMILES string of the molecule is C/N=C(\CC(C)(C)C)C(=O)N1CCNCC1. The Balaban J connectivity index is 2.62. The van der Waals surface area contributed by atoms with E-state index in [1.165, 1.54) is 0 Å². The van der Waals surface area contributed by atoms with Crippen molar-refractivity contribution < 1.29 is 4.79 Å². The Bertz CT molecular complexity index is 272. The highest BCUT2D eigenvalue weighted by Gasteiger charge is 2.24. The van der Waals surface area contributed by atoms with E-state index in [-0.39, 0.29) is 11.3 Å². The normalized spacial score (nSPS) is 18.8. The number of hydrogen-bond donors (Lipinski definition) is 1. The quantitative estimate of drug-likeness (QED) is 0.710. The number of carbonyl (C=O) groups is 1. The van der Waals surface area contributed by atoms with Gasteiger partial charge in [-0.2, -0.15) is 0 Å². The second-order valence-electron chi connectivity index (χ2n) is 5.45. The molecule has 1 N–H and O–H groups in total. The third-order valence-electron chi connectivity index (χ3n) is 2.62. The van der Waals surface area contributed by atoms with Gasteiger partial charge in [-0.1, -0.05) is 20.8 Å². The van der Waals surface area contributed by atoms with Gasteiger partial charge in [0.15, 0.2) is 0 Å². The average molecular weight is 225 g/mol. The van der Waals surface area contributed by atoms with Gasteiger partial charge >= 0.3 is 0 Å². The van der Waals surface area contributed by atoms with Crippen molar-refractivity contribution in [3.05, 3.63) is 0 Å². The van der Waals surface area contributed by atoms with Crippen LogP contribution in [0.2, 0.25) is 0 Å². The van der Waals surface area contributed by atoms with Gasteiger partial charge in [0.1, 0.15) is 0 Å². The van der Waals surface area contributed by atoms with Crippen molar-refractivity contribution in [3.63, 3.8) is 0 Å². The van der Waals surface area contributed by atoms with Gasteiger partial charge in [-0.3, -0.25) is 9.79 Å². The van der Waals surface area contributed by atoms with Crippen LogP contribution in [-0.4, -0.2) is 49.7 Å². The summed E-state index contributed by atoms with van der Waals surface area (Å²) in [5.41, 5.74) is 0.813. The number of rotatable bonds is 2. The summed E-state index contributed by atoms with van der Waals surface area (Å²) >= 11 is 0. The first-order chi connectivity index (χ1) is 7.44. The Morgan fingerprint density at radius 1 is 1.31 bits per heavy atom. The topological polar surface area (TPSA) is 44.7 Å². The van der Waals surface area contributed by atoms with Crippen LogP contribution in [0.1, 0.15) is 27.2 Å². The lowest BCUT2D eigenvalue weighted by molar-refractivity contribution is -0.124. The van der Waals surface area contributed by atoms with Crippen LogP contribution in [0.4, 0.5) is 0 Å². The molecule has 0 spiro atoms. The first kappa shape index (κ1) is 13.2. The summed E-state index contributed by atoms with van der Waals surface area (Å²) in [6, 6.07) is 0. The minimum Gasteiger partial charge on any atom is -0.335 e. The maximum atomic E-state index is 12.2. The van der Waals surface area contributed by atoms with Crippen molar-refractivity contribution in [2.45, 2.75) is 27.2 Å². The van der Waals surface area contributed by atoms with Gasteiger partial charge in [0.2, 0.25) is 0 Å².